The second-order valence-electron chi connectivity index (χ2n) is 24.9. The Labute approximate surface area is 445 Å². The van der Waals surface area contributed by atoms with Crippen LogP contribution in [-0.4, -0.2) is 96.3 Å². The molecule has 4 rings (SSSR count). The van der Waals surface area contributed by atoms with Gasteiger partial charge >= 0.3 is 29.6 Å². The molecular formula is C54H95BNaO8Si4. The van der Waals surface area contributed by atoms with Crippen LogP contribution in [0.5, 0.6) is 0 Å². The van der Waals surface area contributed by atoms with Gasteiger partial charge in [0.15, 0.2) is 33.3 Å². The van der Waals surface area contributed by atoms with Gasteiger partial charge in [0.2, 0.25) is 0 Å². The van der Waals surface area contributed by atoms with Crippen molar-refractivity contribution in [3.63, 3.8) is 0 Å². The Morgan fingerprint density at radius 2 is 0.779 bits per heavy atom. The Bertz CT molecular complexity index is 1790. The molecule has 0 heterocycles. The normalized spacial score (nSPS) is 22.2. The van der Waals surface area contributed by atoms with E-state index in [0.29, 0.717) is 13.2 Å². The minimum Gasteiger partial charge on any atom is -1.00 e. The number of hydrogen-bond donors (Lipinski definition) is 1. The molecule has 0 aromatic heterocycles. The molecule has 0 bridgehead atoms. The SMILES string of the molecule is CC(C)(C)[Si](C)(C)O[C@@H]1CC(OCc2ccccc2)C[C@@H](O[Si](C)(C)C(C)(C)C)C1=CC=O.CC(C)(C)[Si](C)(C)O[C@@H]1CC(OCc2ccccc2)C[C@@H](O[Si](C)(C)C(C)(C)C)C1=CCO.[B].[H-].[Na+]. The summed E-state index contributed by atoms with van der Waals surface area (Å²) in [6.07, 6.45) is 7.14. The fraction of sp³-hybridized carbons (Fsp3) is 0.685. The van der Waals surface area contributed by atoms with E-state index in [4.69, 9.17) is 27.2 Å². The van der Waals surface area contributed by atoms with Gasteiger partial charge in [-0.25, -0.2) is 0 Å². The molecule has 0 amide bonds. The fourth-order valence-electron chi connectivity index (χ4n) is 7.21. The van der Waals surface area contributed by atoms with E-state index in [1.165, 1.54) is 5.56 Å². The van der Waals surface area contributed by atoms with Gasteiger partial charge in [0, 0.05) is 34.1 Å². The summed E-state index contributed by atoms with van der Waals surface area (Å²) in [4.78, 5) is 11.7. The molecule has 3 radical (unpaired) electrons. The molecule has 2 fully saturated rings. The number of benzene rings is 2. The van der Waals surface area contributed by atoms with E-state index in [2.05, 4.69) is 160 Å². The number of aldehydes is 1. The number of aliphatic hydroxyl groups is 1. The van der Waals surface area contributed by atoms with Crippen LogP contribution < -0.4 is 29.6 Å². The van der Waals surface area contributed by atoms with Crippen LogP contribution in [0.4, 0.5) is 0 Å². The Kier molecular flexibility index (Phi) is 25.4. The van der Waals surface area contributed by atoms with Crippen molar-refractivity contribution < 1.29 is 68.1 Å². The average molecular weight is 1020 g/mol. The number of aliphatic hydroxyl groups excluding tert-OH is 1. The molecule has 4 atom stereocenters. The second kappa shape index (κ2) is 26.5. The van der Waals surface area contributed by atoms with Crippen molar-refractivity contribution in [1.29, 1.82) is 0 Å². The first-order valence-electron chi connectivity index (χ1n) is 24.6. The molecule has 2 saturated carbocycles. The summed E-state index contributed by atoms with van der Waals surface area (Å²) in [6, 6.07) is 20.6. The topological polar surface area (TPSA) is 92.7 Å². The van der Waals surface area contributed by atoms with E-state index in [1.807, 2.05) is 42.5 Å². The number of carbonyl (C=O) groups is 1. The molecule has 0 spiro atoms. The molecular weight excluding hydrogens is 923 g/mol. The van der Waals surface area contributed by atoms with E-state index in [-0.39, 0.29) is 103 Å². The van der Waals surface area contributed by atoms with Crippen molar-refractivity contribution >= 4 is 48.0 Å². The van der Waals surface area contributed by atoms with Gasteiger partial charge in [0.1, 0.15) is 6.29 Å². The maximum atomic E-state index is 11.7. The Balaban J connectivity index is 0.00000128. The number of ether oxygens (including phenoxy) is 2. The molecule has 1 N–H and O–H groups in total. The monoisotopic (exact) mass is 1020 g/mol. The van der Waals surface area contributed by atoms with Gasteiger partial charge in [-0.1, -0.05) is 150 Å². The molecule has 0 saturated heterocycles. The van der Waals surface area contributed by atoms with Crippen LogP contribution in [0, 0.1) is 0 Å². The van der Waals surface area contributed by atoms with Crippen LogP contribution in [-0.2, 0) is 45.2 Å². The van der Waals surface area contributed by atoms with E-state index in [1.54, 1.807) is 6.08 Å². The summed E-state index contributed by atoms with van der Waals surface area (Å²) in [5.74, 6) is 0. The zero-order chi connectivity index (χ0) is 50.2. The molecule has 2 aliphatic rings. The van der Waals surface area contributed by atoms with Gasteiger partial charge in [-0.2, -0.15) is 0 Å². The number of allylic oxidation sites excluding steroid dienone is 1. The fourth-order valence-corrected chi connectivity index (χ4v) is 12.4. The Hall–Kier alpha value is -0.758. The van der Waals surface area contributed by atoms with Gasteiger partial charge in [0.25, 0.3) is 0 Å². The van der Waals surface area contributed by atoms with Gasteiger partial charge in [-0.05, 0) is 101 Å². The maximum absolute atomic E-state index is 11.7. The van der Waals surface area contributed by atoms with Crippen LogP contribution in [0.15, 0.2) is 84.0 Å². The number of rotatable bonds is 16. The minimum absolute atomic E-state index is 0. The summed E-state index contributed by atoms with van der Waals surface area (Å²) in [6.45, 7) is 46.5. The molecule has 68 heavy (non-hydrogen) atoms. The van der Waals surface area contributed by atoms with Crippen LogP contribution >= 0.6 is 0 Å². The van der Waals surface area contributed by atoms with Gasteiger partial charge in [-0.3, -0.25) is 4.79 Å². The summed E-state index contributed by atoms with van der Waals surface area (Å²) >= 11 is 0. The van der Waals surface area contributed by atoms with Crippen molar-refractivity contribution in [3.05, 3.63) is 95.1 Å². The quantitative estimate of drug-likeness (QED) is 0.0769. The third kappa shape index (κ3) is 18.9. The Morgan fingerprint density at radius 3 is 1.01 bits per heavy atom. The zero-order valence-corrected chi connectivity index (χ0v) is 52.8. The molecule has 14 heteroatoms. The second-order valence-corrected chi connectivity index (χ2v) is 44.0. The van der Waals surface area contributed by atoms with E-state index < -0.39 is 33.3 Å². The number of hydrogen-bond acceptors (Lipinski definition) is 8. The van der Waals surface area contributed by atoms with Crippen molar-refractivity contribution in [3.8, 4) is 0 Å². The predicted molar refractivity (Wildman–Crippen MR) is 293 cm³/mol. The summed E-state index contributed by atoms with van der Waals surface area (Å²) in [5, 5.41) is 10.2. The standard InChI is InChI=1S/C27H48O4Si2.C27H46O4Si2.B.Na.H/c2*1-26(2,3)32(7,8)30-24-18-22(29-20-21-14-12-11-13-15-21)19-25(23(24)16-17-28)31-33(9,10)27(4,5)6;;;/h11-16,22,24-25,28H,17-20H2,1-10H3;11-17,22,24-25H,18-20H2,1-10H3;;;/q;;;+1;-1/t2*22?,24-,25-;;;/m11.../s1. The van der Waals surface area contributed by atoms with Crippen molar-refractivity contribution in [2.24, 2.45) is 0 Å². The molecule has 8 nitrogen and oxygen atoms in total. The average Bonchev–Trinajstić information content (AvgIpc) is 3.17. The summed E-state index contributed by atoms with van der Waals surface area (Å²) in [7, 11) is -8.18. The first-order chi connectivity index (χ1) is 30.1. The molecule has 2 aliphatic carbocycles. The molecule has 379 valence electrons. The van der Waals surface area contributed by atoms with Gasteiger partial charge < -0.3 is 33.7 Å². The van der Waals surface area contributed by atoms with Gasteiger partial charge in [0.05, 0.1) is 56.4 Å². The van der Waals surface area contributed by atoms with Crippen LogP contribution in [0.3, 0.4) is 0 Å². The van der Waals surface area contributed by atoms with Gasteiger partial charge in [-0.15, -0.1) is 0 Å². The number of carbonyl (C=O) groups excluding carboxylic acids is 1. The smallest absolute Gasteiger partial charge is 1.00 e. The summed E-state index contributed by atoms with van der Waals surface area (Å²) < 4.78 is 40.5. The zero-order valence-electron chi connectivity index (χ0n) is 47.8. The first kappa shape index (κ1) is 65.3. The first-order valence-corrected chi connectivity index (χ1v) is 36.3. The summed E-state index contributed by atoms with van der Waals surface area (Å²) in [5.41, 5.74) is 4.43. The molecule has 2 aromatic carbocycles. The van der Waals surface area contributed by atoms with E-state index >= 15 is 0 Å². The molecule has 0 unspecified atom stereocenters. The van der Waals surface area contributed by atoms with E-state index in [9.17, 15) is 9.90 Å². The third-order valence-electron chi connectivity index (χ3n) is 15.6. The van der Waals surface area contributed by atoms with Crippen molar-refractivity contribution in [1.82, 2.24) is 0 Å². The minimum atomic E-state index is -2.06. The predicted octanol–water partition coefficient (Wildman–Crippen LogP) is 11.1. The van der Waals surface area contributed by atoms with Crippen molar-refractivity contribution in [2.45, 2.75) is 231 Å². The largest absolute Gasteiger partial charge is 1.00 e. The third-order valence-corrected chi connectivity index (χ3v) is 33.6. The molecule has 0 aliphatic heterocycles. The molecule has 2 aromatic rings. The van der Waals surface area contributed by atoms with Crippen LogP contribution in [0.25, 0.3) is 0 Å². The van der Waals surface area contributed by atoms with E-state index in [0.717, 1.165) is 48.7 Å². The Morgan fingerprint density at radius 1 is 0.515 bits per heavy atom. The van der Waals surface area contributed by atoms with Crippen LogP contribution in [0.1, 0.15) is 121 Å². The maximum Gasteiger partial charge on any atom is 1.00 e. The van der Waals surface area contributed by atoms with Crippen LogP contribution in [0.2, 0.25) is 72.5 Å². The van der Waals surface area contributed by atoms with Crippen molar-refractivity contribution in [2.75, 3.05) is 6.61 Å².